The first kappa shape index (κ1) is 16.2. The van der Waals surface area contributed by atoms with Gasteiger partial charge in [0.2, 0.25) is 0 Å². The molecule has 1 heterocycles. The van der Waals surface area contributed by atoms with Gasteiger partial charge in [0.15, 0.2) is 11.5 Å². The molecule has 0 saturated heterocycles. The van der Waals surface area contributed by atoms with Crippen LogP contribution in [0, 0.1) is 5.92 Å². The summed E-state index contributed by atoms with van der Waals surface area (Å²) < 4.78 is 15.3. The second-order valence-corrected chi connectivity index (χ2v) is 4.61. The zero-order valence-corrected chi connectivity index (χ0v) is 12.7. The van der Waals surface area contributed by atoms with Crippen molar-refractivity contribution in [2.75, 3.05) is 34.9 Å². The van der Waals surface area contributed by atoms with E-state index >= 15 is 0 Å². The van der Waals surface area contributed by atoms with Gasteiger partial charge in [0, 0.05) is 25.4 Å². The third-order valence-electron chi connectivity index (χ3n) is 2.97. The molecule has 0 radical (unpaired) electrons. The Morgan fingerprint density at radius 2 is 2.05 bits per heavy atom. The van der Waals surface area contributed by atoms with Gasteiger partial charge >= 0.3 is 5.97 Å². The van der Waals surface area contributed by atoms with Gasteiger partial charge in [-0.2, -0.15) is 0 Å². The van der Waals surface area contributed by atoms with Crippen LogP contribution in [0.25, 0.3) is 0 Å². The molecule has 0 bridgehead atoms. The van der Waals surface area contributed by atoms with E-state index in [2.05, 4.69) is 4.98 Å². The van der Waals surface area contributed by atoms with Gasteiger partial charge in [-0.15, -0.1) is 0 Å². The topological polar surface area (TPSA) is 60.9 Å². The van der Waals surface area contributed by atoms with Gasteiger partial charge in [-0.3, -0.25) is 14.7 Å². The molecule has 0 fully saturated rings. The van der Waals surface area contributed by atoms with Gasteiger partial charge in [-0.25, -0.2) is 0 Å². The molecule has 0 aliphatic carbocycles. The van der Waals surface area contributed by atoms with Crippen LogP contribution in [0.3, 0.4) is 0 Å². The molecule has 6 nitrogen and oxygen atoms in total. The Morgan fingerprint density at radius 3 is 2.60 bits per heavy atom. The molecule has 0 aliphatic rings. The van der Waals surface area contributed by atoms with Gasteiger partial charge in [-0.1, -0.05) is 6.92 Å². The summed E-state index contributed by atoms with van der Waals surface area (Å²) in [4.78, 5) is 17.7. The highest BCUT2D eigenvalue weighted by molar-refractivity contribution is 5.72. The first-order chi connectivity index (χ1) is 9.53. The van der Waals surface area contributed by atoms with E-state index in [0.29, 0.717) is 24.6 Å². The van der Waals surface area contributed by atoms with E-state index in [1.165, 1.54) is 7.11 Å². The number of carbonyl (C=O) groups excluding carboxylic acids is 1. The molecule has 112 valence electrons. The molecule has 1 aromatic heterocycles. The molecule has 0 N–H and O–H groups in total. The number of ether oxygens (including phenoxy) is 3. The number of carbonyl (C=O) groups is 1. The normalized spacial score (nSPS) is 12.1. The van der Waals surface area contributed by atoms with Gasteiger partial charge in [-0.05, 0) is 7.05 Å². The number of esters is 1. The lowest BCUT2D eigenvalue weighted by Crippen LogP contribution is -2.29. The summed E-state index contributed by atoms with van der Waals surface area (Å²) in [5.74, 6) is 0.850. The number of rotatable bonds is 7. The molecule has 1 unspecified atom stereocenters. The fraction of sp³-hybridized carbons (Fsp3) is 0.571. The number of nitrogens with zero attached hydrogens (tertiary/aromatic N) is 2. The summed E-state index contributed by atoms with van der Waals surface area (Å²) in [6.07, 6.45) is 1.67. The minimum atomic E-state index is -0.220. The molecular weight excluding hydrogens is 260 g/mol. The minimum absolute atomic E-state index is 0.193. The minimum Gasteiger partial charge on any atom is -0.493 e. The van der Waals surface area contributed by atoms with Crippen molar-refractivity contribution in [1.82, 2.24) is 9.88 Å². The SMILES string of the molecule is COC(=O)C(C)CN(C)Cc1nccc(OC)c1OC. The van der Waals surface area contributed by atoms with Crippen molar-refractivity contribution in [2.24, 2.45) is 5.92 Å². The smallest absolute Gasteiger partial charge is 0.309 e. The van der Waals surface area contributed by atoms with Crippen molar-refractivity contribution in [2.45, 2.75) is 13.5 Å². The average Bonchev–Trinajstić information content (AvgIpc) is 2.45. The summed E-state index contributed by atoms with van der Waals surface area (Å²) in [5.41, 5.74) is 0.770. The Morgan fingerprint density at radius 1 is 1.35 bits per heavy atom. The fourth-order valence-electron chi connectivity index (χ4n) is 2.03. The summed E-state index contributed by atoms with van der Waals surface area (Å²) >= 11 is 0. The Kier molecular flexibility index (Phi) is 6.24. The second kappa shape index (κ2) is 7.69. The van der Waals surface area contributed by atoms with E-state index in [9.17, 15) is 4.79 Å². The standard InChI is InChI=1S/C14H22N2O4/c1-10(14(17)20-5)8-16(2)9-11-13(19-4)12(18-3)6-7-15-11/h6-7,10H,8-9H2,1-5H3. The molecule has 1 aromatic rings. The van der Waals surface area contributed by atoms with Crippen molar-refractivity contribution in [1.29, 1.82) is 0 Å². The molecule has 1 rings (SSSR count). The van der Waals surface area contributed by atoms with E-state index < -0.39 is 0 Å². The molecule has 0 aromatic carbocycles. The summed E-state index contributed by atoms with van der Waals surface area (Å²) in [6.45, 7) is 2.97. The molecule has 0 spiro atoms. The van der Waals surface area contributed by atoms with Crippen molar-refractivity contribution in [3.63, 3.8) is 0 Å². The third kappa shape index (κ3) is 4.09. The highest BCUT2D eigenvalue weighted by Crippen LogP contribution is 2.29. The molecule has 6 heteroatoms. The van der Waals surface area contributed by atoms with Crippen LogP contribution in [0.5, 0.6) is 11.5 Å². The molecule has 0 saturated carbocycles. The zero-order valence-electron chi connectivity index (χ0n) is 12.7. The highest BCUT2D eigenvalue weighted by atomic mass is 16.5. The molecule has 1 atom stereocenters. The molecule has 0 aliphatic heterocycles. The largest absolute Gasteiger partial charge is 0.493 e. The maximum atomic E-state index is 11.4. The monoisotopic (exact) mass is 282 g/mol. The Balaban J connectivity index is 2.75. The lowest BCUT2D eigenvalue weighted by atomic mass is 10.1. The van der Waals surface area contributed by atoms with E-state index in [4.69, 9.17) is 14.2 Å². The third-order valence-corrected chi connectivity index (χ3v) is 2.97. The summed E-state index contributed by atoms with van der Waals surface area (Å²) in [6, 6.07) is 1.75. The predicted molar refractivity (Wildman–Crippen MR) is 74.9 cm³/mol. The Bertz CT molecular complexity index is 451. The van der Waals surface area contributed by atoms with Crippen LogP contribution in [0.2, 0.25) is 0 Å². The van der Waals surface area contributed by atoms with Gasteiger partial charge < -0.3 is 14.2 Å². The van der Waals surface area contributed by atoms with E-state index in [0.717, 1.165) is 5.69 Å². The lowest BCUT2D eigenvalue weighted by Gasteiger charge is -2.21. The number of methoxy groups -OCH3 is 3. The van der Waals surface area contributed by atoms with Gasteiger partial charge in [0.1, 0.15) is 5.69 Å². The van der Waals surface area contributed by atoms with Crippen molar-refractivity contribution in [3.8, 4) is 11.5 Å². The number of hydrogen-bond acceptors (Lipinski definition) is 6. The Labute approximate surface area is 119 Å². The average molecular weight is 282 g/mol. The maximum absolute atomic E-state index is 11.4. The predicted octanol–water partition coefficient (Wildman–Crippen LogP) is 1.34. The number of pyridine rings is 1. The highest BCUT2D eigenvalue weighted by Gasteiger charge is 2.18. The Hall–Kier alpha value is -1.82. The van der Waals surface area contributed by atoms with Crippen molar-refractivity contribution >= 4 is 5.97 Å². The lowest BCUT2D eigenvalue weighted by molar-refractivity contribution is -0.145. The van der Waals surface area contributed by atoms with E-state index in [1.807, 2.05) is 18.9 Å². The first-order valence-corrected chi connectivity index (χ1v) is 6.35. The molecule has 20 heavy (non-hydrogen) atoms. The molecular formula is C14H22N2O4. The summed E-state index contributed by atoms with van der Waals surface area (Å²) in [7, 11) is 6.48. The number of aromatic nitrogens is 1. The maximum Gasteiger partial charge on any atom is 0.309 e. The van der Waals surface area contributed by atoms with E-state index in [1.54, 1.807) is 26.5 Å². The quantitative estimate of drug-likeness (QED) is 0.703. The first-order valence-electron chi connectivity index (χ1n) is 6.35. The van der Waals surface area contributed by atoms with Crippen LogP contribution < -0.4 is 9.47 Å². The summed E-state index contributed by atoms with van der Waals surface area (Å²) in [5, 5.41) is 0. The van der Waals surface area contributed by atoms with Crippen LogP contribution >= 0.6 is 0 Å². The van der Waals surface area contributed by atoms with Gasteiger partial charge in [0.25, 0.3) is 0 Å². The van der Waals surface area contributed by atoms with Crippen LogP contribution in [0.4, 0.5) is 0 Å². The van der Waals surface area contributed by atoms with Crippen molar-refractivity contribution < 1.29 is 19.0 Å². The zero-order chi connectivity index (χ0) is 15.1. The van der Waals surface area contributed by atoms with Crippen LogP contribution in [0.1, 0.15) is 12.6 Å². The van der Waals surface area contributed by atoms with E-state index in [-0.39, 0.29) is 11.9 Å². The van der Waals surface area contributed by atoms with Crippen molar-refractivity contribution in [3.05, 3.63) is 18.0 Å². The van der Waals surface area contributed by atoms with Crippen LogP contribution in [0.15, 0.2) is 12.3 Å². The second-order valence-electron chi connectivity index (χ2n) is 4.61. The van der Waals surface area contributed by atoms with Crippen LogP contribution in [-0.4, -0.2) is 50.8 Å². The molecule has 0 amide bonds. The van der Waals surface area contributed by atoms with Crippen LogP contribution in [-0.2, 0) is 16.1 Å². The van der Waals surface area contributed by atoms with Gasteiger partial charge in [0.05, 0.1) is 27.2 Å². The number of hydrogen-bond donors (Lipinski definition) is 0. The fourth-order valence-corrected chi connectivity index (χ4v) is 2.03.